The minimum Gasteiger partial charge on any atom is -0.443 e. The summed E-state index contributed by atoms with van der Waals surface area (Å²) in [4.78, 5) is 25.8. The number of amides is 1. The topological polar surface area (TPSA) is 115 Å². The summed E-state index contributed by atoms with van der Waals surface area (Å²) in [6.45, 7) is 4.53. The molecule has 2 N–H and O–H groups in total. The second-order valence-electron chi connectivity index (χ2n) is 9.70. The maximum atomic E-state index is 14.7. The highest BCUT2D eigenvalue weighted by Crippen LogP contribution is 2.50. The minimum absolute atomic E-state index is 0.0173. The number of sulfone groups is 1. The van der Waals surface area contributed by atoms with E-state index >= 15 is 0 Å². The van der Waals surface area contributed by atoms with Crippen LogP contribution in [0.4, 0.5) is 41.2 Å². The van der Waals surface area contributed by atoms with Crippen molar-refractivity contribution in [3.05, 3.63) is 59.7 Å². The standard InChI is InChI=1S/C24H21F7N2O6S/c1-21(2,3)39-20(35)33-11-12-9-14(40(4,37)38)6-7-15(12)18(33)19(34)32-17-8-5-13(10-16(17)25)22(36,23(26,27)28)24(29,30)31/h5-11,36H,1-4H3,(H,32,34). The van der Waals surface area contributed by atoms with E-state index in [-0.39, 0.29) is 27.8 Å². The van der Waals surface area contributed by atoms with E-state index in [9.17, 15) is 53.8 Å². The van der Waals surface area contributed by atoms with Gasteiger partial charge in [0.2, 0.25) is 0 Å². The number of carbonyl (C=O) groups is 2. The Morgan fingerprint density at radius 3 is 2.00 bits per heavy atom. The van der Waals surface area contributed by atoms with Crippen LogP contribution in [0.5, 0.6) is 0 Å². The molecule has 40 heavy (non-hydrogen) atoms. The lowest BCUT2D eigenvalue weighted by molar-refractivity contribution is -0.376. The fraction of sp³-hybridized carbons (Fsp3) is 0.333. The van der Waals surface area contributed by atoms with Crippen molar-refractivity contribution < 1.29 is 58.6 Å². The molecule has 2 aromatic carbocycles. The molecule has 0 aliphatic heterocycles. The summed E-state index contributed by atoms with van der Waals surface area (Å²) in [5, 5.41) is 11.5. The van der Waals surface area contributed by atoms with Gasteiger partial charge in [0.15, 0.2) is 9.84 Å². The second-order valence-corrected chi connectivity index (χ2v) is 11.7. The van der Waals surface area contributed by atoms with Gasteiger partial charge in [-0.2, -0.15) is 26.3 Å². The Hall–Kier alpha value is -3.66. The van der Waals surface area contributed by atoms with Crippen LogP contribution < -0.4 is 5.32 Å². The van der Waals surface area contributed by atoms with Gasteiger partial charge in [0.05, 0.1) is 10.6 Å². The Kier molecular flexibility index (Phi) is 7.53. The molecule has 0 atom stereocenters. The van der Waals surface area contributed by atoms with Crippen molar-refractivity contribution in [3.63, 3.8) is 0 Å². The Bertz CT molecular complexity index is 1590. The van der Waals surface area contributed by atoms with Crippen molar-refractivity contribution >= 4 is 38.3 Å². The highest BCUT2D eigenvalue weighted by molar-refractivity contribution is 7.90. The molecule has 0 fully saturated rings. The Labute approximate surface area is 222 Å². The average Bonchev–Trinajstić information content (AvgIpc) is 3.16. The zero-order chi connectivity index (χ0) is 30.6. The van der Waals surface area contributed by atoms with E-state index in [2.05, 4.69) is 0 Å². The fourth-order valence-corrected chi connectivity index (χ4v) is 4.28. The number of aromatic nitrogens is 1. The number of nitrogens with zero attached hydrogens (tertiary/aromatic N) is 1. The summed E-state index contributed by atoms with van der Waals surface area (Å²) >= 11 is 0. The first-order chi connectivity index (χ1) is 18.0. The van der Waals surface area contributed by atoms with Gasteiger partial charge in [-0.15, -0.1) is 0 Å². The van der Waals surface area contributed by atoms with Crippen LogP contribution in [0.1, 0.15) is 36.8 Å². The smallest absolute Gasteiger partial charge is 0.430 e. The van der Waals surface area contributed by atoms with E-state index in [1.807, 2.05) is 5.32 Å². The first-order valence-electron chi connectivity index (χ1n) is 11.0. The van der Waals surface area contributed by atoms with E-state index in [1.165, 1.54) is 26.8 Å². The van der Waals surface area contributed by atoms with Crippen LogP contribution in [-0.4, -0.2) is 54.3 Å². The van der Waals surface area contributed by atoms with Crippen molar-refractivity contribution in [2.75, 3.05) is 11.6 Å². The molecule has 1 amide bonds. The molecule has 0 radical (unpaired) electrons. The molecule has 218 valence electrons. The second kappa shape index (κ2) is 9.76. The predicted octanol–water partition coefficient (Wildman–Crippen LogP) is 5.53. The number of rotatable bonds is 4. The maximum absolute atomic E-state index is 14.7. The van der Waals surface area contributed by atoms with Crippen LogP contribution in [0.25, 0.3) is 10.8 Å². The molecule has 0 aliphatic carbocycles. The number of hydrogen-bond donors (Lipinski definition) is 2. The van der Waals surface area contributed by atoms with Gasteiger partial charge in [-0.05, 0) is 45.0 Å². The Morgan fingerprint density at radius 2 is 1.52 bits per heavy atom. The lowest BCUT2D eigenvalue weighted by Crippen LogP contribution is -2.54. The zero-order valence-corrected chi connectivity index (χ0v) is 21.8. The fourth-order valence-electron chi connectivity index (χ4n) is 3.63. The van der Waals surface area contributed by atoms with Gasteiger partial charge in [0, 0.05) is 28.8 Å². The summed E-state index contributed by atoms with van der Waals surface area (Å²) in [6.07, 6.45) is -11.6. The SMILES string of the molecule is CC(C)(C)OC(=O)n1cc2cc(S(C)(=O)=O)ccc2c1C(=O)Nc1ccc(C(O)(C(F)(F)F)C(F)(F)F)cc1F. The van der Waals surface area contributed by atoms with Crippen LogP contribution in [0.2, 0.25) is 0 Å². The van der Waals surface area contributed by atoms with Crippen molar-refractivity contribution in [2.24, 2.45) is 0 Å². The number of aliphatic hydroxyl groups is 1. The lowest BCUT2D eigenvalue weighted by Gasteiger charge is -2.32. The molecular formula is C24H21F7N2O6S. The minimum atomic E-state index is -6.26. The Morgan fingerprint density at radius 1 is 0.950 bits per heavy atom. The van der Waals surface area contributed by atoms with Gasteiger partial charge in [0.1, 0.15) is 17.1 Å². The molecule has 3 rings (SSSR count). The van der Waals surface area contributed by atoms with Crippen LogP contribution >= 0.6 is 0 Å². The van der Waals surface area contributed by atoms with Crippen LogP contribution in [0.3, 0.4) is 0 Å². The molecule has 0 aliphatic rings. The molecule has 0 saturated heterocycles. The van der Waals surface area contributed by atoms with E-state index in [0.717, 1.165) is 24.6 Å². The Balaban J connectivity index is 2.11. The number of hydrogen-bond acceptors (Lipinski definition) is 6. The van der Waals surface area contributed by atoms with Crippen LogP contribution in [0, 0.1) is 5.82 Å². The molecule has 0 bridgehead atoms. The number of ether oxygens (including phenoxy) is 1. The number of fused-ring (bicyclic) bond motifs is 1. The van der Waals surface area contributed by atoms with Gasteiger partial charge in [0.25, 0.3) is 11.5 Å². The first kappa shape index (κ1) is 30.9. The summed E-state index contributed by atoms with van der Waals surface area (Å²) in [5.74, 6) is -3.02. The zero-order valence-electron chi connectivity index (χ0n) is 21.0. The summed E-state index contributed by atoms with van der Waals surface area (Å²) in [7, 11) is -3.71. The average molecular weight is 598 g/mol. The number of nitrogens with one attached hydrogen (secondary N) is 1. The molecule has 8 nitrogen and oxygen atoms in total. The third kappa shape index (κ3) is 5.77. The van der Waals surface area contributed by atoms with Crippen LogP contribution in [-0.2, 0) is 20.2 Å². The quantitative estimate of drug-likeness (QED) is 0.382. The molecule has 16 heteroatoms. The van der Waals surface area contributed by atoms with Gasteiger partial charge in [-0.25, -0.2) is 22.2 Å². The largest absolute Gasteiger partial charge is 0.443 e. The highest BCUT2D eigenvalue weighted by Gasteiger charge is 2.71. The molecule has 0 saturated carbocycles. The lowest BCUT2D eigenvalue weighted by atomic mass is 9.92. The molecule has 3 aromatic rings. The summed E-state index contributed by atoms with van der Waals surface area (Å²) in [5.41, 5.74) is -9.75. The predicted molar refractivity (Wildman–Crippen MR) is 127 cm³/mol. The van der Waals surface area contributed by atoms with Gasteiger partial charge < -0.3 is 15.2 Å². The normalized spacial score (nSPS) is 13.4. The monoisotopic (exact) mass is 598 g/mol. The van der Waals surface area contributed by atoms with Gasteiger partial charge >= 0.3 is 18.4 Å². The van der Waals surface area contributed by atoms with Crippen molar-refractivity contribution in [3.8, 4) is 0 Å². The van der Waals surface area contributed by atoms with Crippen molar-refractivity contribution in [1.29, 1.82) is 0 Å². The number of anilines is 1. The van der Waals surface area contributed by atoms with Crippen LogP contribution in [0.15, 0.2) is 47.5 Å². The molecule has 1 aromatic heterocycles. The summed E-state index contributed by atoms with van der Waals surface area (Å²) in [6, 6.07) is 3.71. The molecule has 0 spiro atoms. The molecule has 0 unspecified atom stereocenters. The van der Waals surface area contributed by atoms with Gasteiger partial charge in [-0.1, -0.05) is 12.1 Å². The van der Waals surface area contributed by atoms with Crippen molar-refractivity contribution in [1.82, 2.24) is 4.57 Å². The summed E-state index contributed by atoms with van der Waals surface area (Å²) < 4.78 is 123. The van der Waals surface area contributed by atoms with E-state index in [1.54, 1.807) is 0 Å². The molecule has 1 heterocycles. The highest BCUT2D eigenvalue weighted by atomic mass is 32.2. The number of carbonyl (C=O) groups excluding carboxylic acids is 2. The van der Waals surface area contributed by atoms with E-state index in [4.69, 9.17) is 4.74 Å². The van der Waals surface area contributed by atoms with Gasteiger partial charge in [-0.3, -0.25) is 4.79 Å². The van der Waals surface area contributed by atoms with E-state index < -0.39 is 68.2 Å². The third-order valence-electron chi connectivity index (χ3n) is 5.48. The van der Waals surface area contributed by atoms with Crippen molar-refractivity contribution in [2.45, 2.75) is 49.2 Å². The number of halogens is 7. The number of alkyl halides is 6. The first-order valence-corrected chi connectivity index (χ1v) is 12.9. The molecular weight excluding hydrogens is 577 g/mol. The third-order valence-corrected chi connectivity index (χ3v) is 6.59. The van der Waals surface area contributed by atoms with E-state index in [0.29, 0.717) is 10.6 Å². The maximum Gasteiger partial charge on any atom is 0.430 e. The number of benzene rings is 2.